The van der Waals surface area contributed by atoms with Crippen LogP contribution in [-0.4, -0.2) is 31.0 Å². The molecule has 2 aromatic rings. The van der Waals surface area contributed by atoms with Crippen molar-refractivity contribution >= 4 is 17.3 Å². The van der Waals surface area contributed by atoms with Gasteiger partial charge in [0.1, 0.15) is 11.4 Å². The van der Waals surface area contributed by atoms with Crippen LogP contribution in [0.15, 0.2) is 42.5 Å². The Hall–Kier alpha value is -3.09. The molecule has 126 valence electrons. The van der Waals surface area contributed by atoms with Crippen molar-refractivity contribution in [3.8, 4) is 5.75 Å². The van der Waals surface area contributed by atoms with Crippen LogP contribution >= 0.6 is 0 Å². The number of nitro groups is 1. The van der Waals surface area contributed by atoms with Gasteiger partial charge in [0.05, 0.1) is 12.0 Å². The Balaban J connectivity index is 1.89. The van der Waals surface area contributed by atoms with Crippen molar-refractivity contribution in [2.24, 2.45) is 0 Å². The minimum Gasteiger partial charge on any atom is -0.497 e. The van der Waals surface area contributed by atoms with Crippen molar-refractivity contribution in [3.05, 3.63) is 63.7 Å². The summed E-state index contributed by atoms with van der Waals surface area (Å²) in [6, 6.07) is 11.8. The summed E-state index contributed by atoms with van der Waals surface area (Å²) in [5.41, 5.74) is 1.77. The number of nitrogens with one attached hydrogen (secondary N) is 2. The van der Waals surface area contributed by atoms with Gasteiger partial charge in [-0.05, 0) is 36.8 Å². The molecule has 0 unspecified atom stereocenters. The zero-order chi connectivity index (χ0) is 17.5. The van der Waals surface area contributed by atoms with Crippen LogP contribution in [0.3, 0.4) is 0 Å². The first-order valence-electron chi connectivity index (χ1n) is 7.42. The number of carbonyl (C=O) groups is 1. The van der Waals surface area contributed by atoms with Crippen molar-refractivity contribution in [2.75, 3.05) is 25.5 Å². The van der Waals surface area contributed by atoms with Crippen LogP contribution in [0.2, 0.25) is 0 Å². The molecule has 0 saturated heterocycles. The number of carbonyl (C=O) groups excluding carboxylic acids is 1. The fourth-order valence-corrected chi connectivity index (χ4v) is 2.18. The van der Waals surface area contributed by atoms with Gasteiger partial charge in [-0.25, -0.2) is 0 Å². The number of anilines is 1. The quantitative estimate of drug-likeness (QED) is 0.463. The van der Waals surface area contributed by atoms with E-state index in [2.05, 4.69) is 10.6 Å². The van der Waals surface area contributed by atoms with Crippen LogP contribution < -0.4 is 15.4 Å². The molecule has 0 fully saturated rings. The average Bonchev–Trinajstić information content (AvgIpc) is 2.59. The lowest BCUT2D eigenvalue weighted by Crippen LogP contribution is -2.28. The Morgan fingerprint density at radius 3 is 2.71 bits per heavy atom. The van der Waals surface area contributed by atoms with Crippen LogP contribution in [0, 0.1) is 17.0 Å². The third kappa shape index (κ3) is 4.45. The van der Waals surface area contributed by atoms with Gasteiger partial charge in [-0.3, -0.25) is 14.9 Å². The molecule has 0 heterocycles. The van der Waals surface area contributed by atoms with Crippen LogP contribution in [0.4, 0.5) is 11.4 Å². The van der Waals surface area contributed by atoms with E-state index in [-0.39, 0.29) is 11.6 Å². The third-order valence-corrected chi connectivity index (χ3v) is 3.41. The highest BCUT2D eigenvalue weighted by molar-refractivity contribution is 5.94. The third-order valence-electron chi connectivity index (χ3n) is 3.41. The molecule has 0 radical (unpaired) electrons. The lowest BCUT2D eigenvalue weighted by Gasteiger charge is -2.09. The van der Waals surface area contributed by atoms with E-state index in [9.17, 15) is 14.9 Å². The predicted octanol–water partition coefficient (Wildman–Crippen LogP) is 2.75. The molecule has 0 aromatic heterocycles. The minimum absolute atomic E-state index is 0.0223. The second-order valence-electron chi connectivity index (χ2n) is 5.19. The van der Waals surface area contributed by atoms with Gasteiger partial charge in [-0.15, -0.1) is 0 Å². The molecule has 2 rings (SSSR count). The van der Waals surface area contributed by atoms with E-state index >= 15 is 0 Å². The molecular weight excluding hydrogens is 310 g/mol. The molecule has 0 spiro atoms. The van der Waals surface area contributed by atoms with Gasteiger partial charge in [-0.1, -0.05) is 12.1 Å². The Morgan fingerprint density at radius 2 is 2.00 bits per heavy atom. The highest BCUT2D eigenvalue weighted by Gasteiger charge is 2.13. The standard InChI is InChI=1S/C17H19N3O4/c1-12-6-7-15(16(10-12)20(22)23)18-8-9-19-17(21)13-4-3-5-14(11-13)24-2/h3-7,10-11,18H,8-9H2,1-2H3,(H,19,21). The van der Waals surface area contributed by atoms with E-state index in [1.807, 2.05) is 0 Å². The molecule has 7 nitrogen and oxygen atoms in total. The summed E-state index contributed by atoms with van der Waals surface area (Å²) in [5, 5.41) is 16.8. The summed E-state index contributed by atoms with van der Waals surface area (Å²) < 4.78 is 5.08. The molecule has 1 amide bonds. The molecule has 2 N–H and O–H groups in total. The number of aryl methyl sites for hydroxylation is 1. The molecule has 0 saturated carbocycles. The van der Waals surface area contributed by atoms with Crippen molar-refractivity contribution < 1.29 is 14.5 Å². The lowest BCUT2D eigenvalue weighted by atomic mass is 10.2. The van der Waals surface area contributed by atoms with Crippen molar-refractivity contribution in [2.45, 2.75) is 6.92 Å². The van der Waals surface area contributed by atoms with Gasteiger partial charge >= 0.3 is 0 Å². The number of nitrogens with zero attached hydrogens (tertiary/aromatic N) is 1. The summed E-state index contributed by atoms with van der Waals surface area (Å²) in [4.78, 5) is 22.7. The smallest absolute Gasteiger partial charge is 0.292 e. The summed E-state index contributed by atoms with van der Waals surface area (Å²) >= 11 is 0. The number of methoxy groups -OCH3 is 1. The van der Waals surface area contributed by atoms with E-state index < -0.39 is 4.92 Å². The topological polar surface area (TPSA) is 93.5 Å². The molecular formula is C17H19N3O4. The SMILES string of the molecule is COc1cccc(C(=O)NCCNc2ccc(C)cc2[N+](=O)[O-])c1. The van der Waals surface area contributed by atoms with E-state index in [1.165, 1.54) is 13.2 Å². The fourth-order valence-electron chi connectivity index (χ4n) is 2.18. The lowest BCUT2D eigenvalue weighted by molar-refractivity contribution is -0.384. The van der Waals surface area contributed by atoms with Gasteiger partial charge in [0, 0.05) is 24.7 Å². The molecule has 0 aliphatic rings. The second kappa shape index (κ2) is 7.96. The first-order chi connectivity index (χ1) is 11.5. The summed E-state index contributed by atoms with van der Waals surface area (Å²) in [6.45, 7) is 2.51. The summed E-state index contributed by atoms with van der Waals surface area (Å²) in [6.07, 6.45) is 0. The van der Waals surface area contributed by atoms with Crippen molar-refractivity contribution in [1.29, 1.82) is 0 Å². The molecule has 0 bridgehead atoms. The number of ether oxygens (including phenoxy) is 1. The van der Waals surface area contributed by atoms with Gasteiger partial charge in [0.2, 0.25) is 0 Å². The summed E-state index contributed by atoms with van der Waals surface area (Å²) in [5.74, 6) is 0.380. The van der Waals surface area contributed by atoms with Crippen molar-refractivity contribution in [1.82, 2.24) is 5.32 Å². The Kier molecular flexibility index (Phi) is 5.73. The van der Waals surface area contributed by atoms with Crippen molar-refractivity contribution in [3.63, 3.8) is 0 Å². The van der Waals surface area contributed by atoms with Crippen LogP contribution in [0.1, 0.15) is 15.9 Å². The van der Waals surface area contributed by atoms with Crippen LogP contribution in [0.25, 0.3) is 0 Å². The number of benzene rings is 2. The normalized spacial score (nSPS) is 10.1. The molecule has 7 heteroatoms. The number of hydrogen-bond acceptors (Lipinski definition) is 5. The largest absolute Gasteiger partial charge is 0.497 e. The van der Waals surface area contributed by atoms with E-state index in [0.717, 1.165) is 5.56 Å². The average molecular weight is 329 g/mol. The van der Waals surface area contributed by atoms with Crippen LogP contribution in [0.5, 0.6) is 5.75 Å². The Morgan fingerprint density at radius 1 is 1.21 bits per heavy atom. The first-order valence-corrected chi connectivity index (χ1v) is 7.42. The Bertz CT molecular complexity index is 746. The molecule has 2 aromatic carbocycles. The number of amides is 1. The van der Waals surface area contributed by atoms with Gasteiger partial charge in [0.25, 0.3) is 11.6 Å². The first kappa shape index (κ1) is 17.3. The number of hydrogen-bond donors (Lipinski definition) is 2. The fraction of sp³-hybridized carbons (Fsp3) is 0.235. The zero-order valence-electron chi connectivity index (χ0n) is 13.5. The second-order valence-corrected chi connectivity index (χ2v) is 5.19. The molecule has 0 aliphatic carbocycles. The van der Waals surface area contributed by atoms with E-state index in [4.69, 9.17) is 4.74 Å². The molecule has 0 atom stereocenters. The maximum absolute atomic E-state index is 12.0. The van der Waals surface area contributed by atoms with E-state index in [1.54, 1.807) is 43.3 Å². The van der Waals surface area contributed by atoms with Gasteiger partial charge in [-0.2, -0.15) is 0 Å². The Labute approximate surface area is 139 Å². The predicted molar refractivity (Wildman–Crippen MR) is 91.7 cm³/mol. The van der Waals surface area contributed by atoms with E-state index in [0.29, 0.717) is 30.1 Å². The maximum atomic E-state index is 12.0. The minimum atomic E-state index is -0.426. The highest BCUT2D eigenvalue weighted by atomic mass is 16.6. The maximum Gasteiger partial charge on any atom is 0.292 e. The number of nitro benzene ring substituents is 1. The van der Waals surface area contributed by atoms with Gasteiger partial charge < -0.3 is 15.4 Å². The molecule has 24 heavy (non-hydrogen) atoms. The van der Waals surface area contributed by atoms with Gasteiger partial charge in [0.15, 0.2) is 0 Å². The monoisotopic (exact) mass is 329 g/mol. The molecule has 0 aliphatic heterocycles. The highest BCUT2D eigenvalue weighted by Crippen LogP contribution is 2.24. The van der Waals surface area contributed by atoms with Crippen LogP contribution in [-0.2, 0) is 0 Å². The number of rotatable bonds is 7. The summed E-state index contributed by atoms with van der Waals surface area (Å²) in [7, 11) is 1.54. The zero-order valence-corrected chi connectivity index (χ0v) is 13.5.